The molecule has 0 saturated carbocycles. The summed E-state index contributed by atoms with van der Waals surface area (Å²) in [5.74, 6) is -0.272. The molecule has 1 heterocycles. The molecule has 1 amide bonds. The maximum atomic E-state index is 13.0. The average Bonchev–Trinajstić information content (AvgIpc) is 2.73. The lowest BCUT2D eigenvalue weighted by Gasteiger charge is -2.28. The van der Waals surface area contributed by atoms with Crippen molar-refractivity contribution in [2.45, 2.75) is 24.8 Å². The number of rotatable bonds is 4. The van der Waals surface area contributed by atoms with Gasteiger partial charge in [0.25, 0.3) is 5.91 Å². The molecule has 148 valence electrons. The molecule has 0 radical (unpaired) electrons. The maximum absolute atomic E-state index is 13.0. The summed E-state index contributed by atoms with van der Waals surface area (Å²) in [6.07, 6.45) is 0.701. The summed E-state index contributed by atoms with van der Waals surface area (Å²) in [5, 5.41) is 2.83. The van der Waals surface area contributed by atoms with Gasteiger partial charge in [0.05, 0.1) is 4.90 Å². The number of fused-ring (bicyclic) bond motifs is 1. The van der Waals surface area contributed by atoms with E-state index in [9.17, 15) is 13.2 Å². The van der Waals surface area contributed by atoms with Crippen molar-refractivity contribution in [1.29, 1.82) is 0 Å². The number of nitrogens with zero attached hydrogens (tertiary/aromatic N) is 1. The fraction of sp³-hybridized carbons (Fsp3) is 0.174. The topological polar surface area (TPSA) is 66.5 Å². The van der Waals surface area contributed by atoms with Crippen molar-refractivity contribution in [3.63, 3.8) is 0 Å². The predicted octanol–water partition coefficient (Wildman–Crippen LogP) is 3.99. The lowest BCUT2D eigenvalue weighted by Crippen LogP contribution is -2.35. The van der Waals surface area contributed by atoms with Crippen molar-refractivity contribution in [3.05, 3.63) is 95.1 Å². The number of hydrogen-bond acceptors (Lipinski definition) is 3. The molecular weight excluding hydrogens is 384 g/mol. The molecule has 0 bridgehead atoms. The fourth-order valence-electron chi connectivity index (χ4n) is 3.53. The molecule has 3 aromatic carbocycles. The van der Waals surface area contributed by atoms with E-state index in [4.69, 9.17) is 0 Å². The first-order valence-corrected chi connectivity index (χ1v) is 10.9. The minimum Gasteiger partial charge on any atom is -0.322 e. The molecular formula is C23H22N2O3S. The minimum absolute atomic E-state index is 0.198. The van der Waals surface area contributed by atoms with E-state index in [0.717, 1.165) is 11.1 Å². The summed E-state index contributed by atoms with van der Waals surface area (Å²) in [6.45, 7) is 2.78. The standard InChI is InChI=1S/C23H22N2O3S/c1-17-5-4-8-21(15-17)24-23(26)19-9-11-22(12-10-19)29(27,28)25-14-13-18-6-2-3-7-20(18)16-25/h2-12,15H,13-14,16H2,1H3,(H,24,26). The number of hydrogen-bond donors (Lipinski definition) is 1. The third kappa shape index (κ3) is 4.09. The van der Waals surface area contributed by atoms with E-state index in [0.29, 0.717) is 30.8 Å². The van der Waals surface area contributed by atoms with Crippen LogP contribution in [0, 0.1) is 6.92 Å². The van der Waals surface area contributed by atoms with Crippen LogP contribution in [0.4, 0.5) is 5.69 Å². The minimum atomic E-state index is -3.61. The Labute approximate surface area is 171 Å². The number of carbonyl (C=O) groups excluding carboxylic acids is 1. The van der Waals surface area contributed by atoms with Crippen molar-refractivity contribution in [3.8, 4) is 0 Å². The Hall–Kier alpha value is -2.96. The molecule has 0 atom stereocenters. The summed E-state index contributed by atoms with van der Waals surface area (Å²) in [6, 6.07) is 21.5. The van der Waals surface area contributed by atoms with Crippen molar-refractivity contribution < 1.29 is 13.2 Å². The zero-order chi connectivity index (χ0) is 20.4. The largest absolute Gasteiger partial charge is 0.322 e. The van der Waals surface area contributed by atoms with Gasteiger partial charge in [-0.1, -0.05) is 36.4 Å². The molecule has 0 aliphatic carbocycles. The van der Waals surface area contributed by atoms with E-state index in [-0.39, 0.29) is 10.8 Å². The molecule has 1 aliphatic heterocycles. The van der Waals surface area contributed by atoms with Gasteiger partial charge in [0, 0.05) is 24.3 Å². The van der Waals surface area contributed by atoms with Gasteiger partial charge in [0.2, 0.25) is 10.0 Å². The highest BCUT2D eigenvalue weighted by atomic mass is 32.2. The second-order valence-electron chi connectivity index (χ2n) is 7.21. The van der Waals surface area contributed by atoms with Crippen molar-refractivity contribution in [2.75, 3.05) is 11.9 Å². The van der Waals surface area contributed by atoms with Gasteiger partial charge in [-0.2, -0.15) is 4.31 Å². The van der Waals surface area contributed by atoms with Crippen LogP contribution in [0.5, 0.6) is 0 Å². The molecule has 1 aliphatic rings. The van der Waals surface area contributed by atoms with Crippen LogP contribution in [0.15, 0.2) is 77.7 Å². The van der Waals surface area contributed by atoms with E-state index in [1.54, 1.807) is 12.1 Å². The van der Waals surface area contributed by atoms with Gasteiger partial charge in [-0.3, -0.25) is 4.79 Å². The first-order valence-electron chi connectivity index (χ1n) is 9.48. The van der Waals surface area contributed by atoms with Gasteiger partial charge in [-0.25, -0.2) is 8.42 Å². The van der Waals surface area contributed by atoms with Crippen molar-refractivity contribution in [1.82, 2.24) is 4.31 Å². The zero-order valence-electron chi connectivity index (χ0n) is 16.1. The molecule has 6 heteroatoms. The number of anilines is 1. The van der Waals surface area contributed by atoms with Gasteiger partial charge >= 0.3 is 0 Å². The van der Waals surface area contributed by atoms with Crippen LogP contribution in [0.3, 0.4) is 0 Å². The van der Waals surface area contributed by atoms with Crippen LogP contribution in [0.25, 0.3) is 0 Å². The van der Waals surface area contributed by atoms with Gasteiger partial charge in [-0.15, -0.1) is 0 Å². The smallest absolute Gasteiger partial charge is 0.255 e. The third-order valence-corrected chi connectivity index (χ3v) is 6.99. The number of carbonyl (C=O) groups is 1. The van der Waals surface area contributed by atoms with Crippen LogP contribution in [0.2, 0.25) is 0 Å². The summed E-state index contributed by atoms with van der Waals surface area (Å²) in [5.41, 5.74) is 4.40. The molecule has 0 unspecified atom stereocenters. The van der Waals surface area contributed by atoms with E-state index in [2.05, 4.69) is 5.32 Å². The Morgan fingerprint density at radius 3 is 2.38 bits per heavy atom. The normalized spacial score (nSPS) is 14.2. The number of amides is 1. The highest BCUT2D eigenvalue weighted by Gasteiger charge is 2.28. The fourth-order valence-corrected chi connectivity index (χ4v) is 4.95. The van der Waals surface area contributed by atoms with E-state index < -0.39 is 10.0 Å². The first kappa shape index (κ1) is 19.4. The Morgan fingerprint density at radius 2 is 1.66 bits per heavy atom. The second kappa shape index (κ2) is 7.81. The third-order valence-electron chi connectivity index (χ3n) is 5.13. The van der Waals surface area contributed by atoms with E-state index >= 15 is 0 Å². The van der Waals surface area contributed by atoms with E-state index in [1.807, 2.05) is 55.5 Å². The van der Waals surface area contributed by atoms with Crippen LogP contribution in [0.1, 0.15) is 27.0 Å². The van der Waals surface area contributed by atoms with Crippen LogP contribution in [-0.4, -0.2) is 25.2 Å². The Bertz CT molecular complexity index is 1150. The van der Waals surface area contributed by atoms with E-state index in [1.165, 1.54) is 22.0 Å². The summed E-state index contributed by atoms with van der Waals surface area (Å²) in [4.78, 5) is 12.7. The second-order valence-corrected chi connectivity index (χ2v) is 9.14. The highest BCUT2D eigenvalue weighted by molar-refractivity contribution is 7.89. The van der Waals surface area contributed by atoms with Gasteiger partial charge in [0.1, 0.15) is 0 Å². The summed E-state index contributed by atoms with van der Waals surface area (Å²) < 4.78 is 27.6. The number of aryl methyl sites for hydroxylation is 1. The molecule has 0 saturated heterocycles. The number of sulfonamides is 1. The van der Waals surface area contributed by atoms with Crippen LogP contribution in [-0.2, 0) is 23.0 Å². The average molecular weight is 407 g/mol. The van der Waals surface area contributed by atoms with Crippen LogP contribution >= 0.6 is 0 Å². The van der Waals surface area contributed by atoms with Gasteiger partial charge < -0.3 is 5.32 Å². The Kier molecular flexibility index (Phi) is 5.22. The number of benzene rings is 3. The molecule has 5 nitrogen and oxygen atoms in total. The maximum Gasteiger partial charge on any atom is 0.255 e. The lowest BCUT2D eigenvalue weighted by molar-refractivity contribution is 0.102. The monoisotopic (exact) mass is 406 g/mol. The van der Waals surface area contributed by atoms with Crippen molar-refractivity contribution >= 4 is 21.6 Å². The van der Waals surface area contributed by atoms with Gasteiger partial charge in [0.15, 0.2) is 0 Å². The molecule has 0 fully saturated rings. The first-order chi connectivity index (χ1) is 13.9. The summed E-state index contributed by atoms with van der Waals surface area (Å²) >= 11 is 0. The SMILES string of the molecule is Cc1cccc(NC(=O)c2ccc(S(=O)(=O)N3CCc4ccccc4C3)cc2)c1. The molecule has 1 N–H and O–H groups in total. The summed E-state index contributed by atoms with van der Waals surface area (Å²) in [7, 11) is -3.61. The molecule has 0 aromatic heterocycles. The molecule has 0 spiro atoms. The predicted molar refractivity (Wildman–Crippen MR) is 113 cm³/mol. The lowest BCUT2D eigenvalue weighted by atomic mass is 10.0. The van der Waals surface area contributed by atoms with Crippen LogP contribution < -0.4 is 5.32 Å². The molecule has 4 rings (SSSR count). The van der Waals surface area contributed by atoms with Gasteiger partial charge in [-0.05, 0) is 66.4 Å². The Morgan fingerprint density at radius 1 is 0.931 bits per heavy atom. The quantitative estimate of drug-likeness (QED) is 0.712. The zero-order valence-corrected chi connectivity index (χ0v) is 16.9. The molecule has 29 heavy (non-hydrogen) atoms. The highest BCUT2D eigenvalue weighted by Crippen LogP contribution is 2.25. The van der Waals surface area contributed by atoms with Crippen molar-refractivity contribution in [2.24, 2.45) is 0 Å². The Balaban J connectivity index is 1.50. The number of nitrogens with one attached hydrogen (secondary N) is 1. The molecule has 3 aromatic rings.